The minimum Gasteiger partial charge on any atom is -0.480 e. The van der Waals surface area contributed by atoms with Crippen molar-refractivity contribution in [2.24, 2.45) is 11.8 Å². The number of hydrogen-bond acceptors (Lipinski definition) is 3. The van der Waals surface area contributed by atoms with Gasteiger partial charge in [-0.05, 0) is 19.3 Å². The van der Waals surface area contributed by atoms with E-state index in [1.165, 1.54) is 0 Å². The molecule has 2 fully saturated rings. The second kappa shape index (κ2) is 3.32. The molecule has 0 radical (unpaired) electrons. The molecule has 2 amide bonds. The zero-order valence-electron chi connectivity index (χ0n) is 8.47. The number of imide groups is 1. The van der Waals surface area contributed by atoms with Gasteiger partial charge in [-0.25, -0.2) is 4.79 Å². The summed E-state index contributed by atoms with van der Waals surface area (Å²) in [6.07, 6.45) is 1.72. The molecule has 5 nitrogen and oxygen atoms in total. The van der Waals surface area contributed by atoms with Gasteiger partial charge in [0.2, 0.25) is 11.8 Å². The van der Waals surface area contributed by atoms with E-state index >= 15 is 0 Å². The van der Waals surface area contributed by atoms with Crippen molar-refractivity contribution < 1.29 is 19.5 Å². The van der Waals surface area contributed by atoms with Crippen LogP contribution in [0.1, 0.15) is 26.2 Å². The van der Waals surface area contributed by atoms with Crippen LogP contribution in [-0.2, 0) is 14.4 Å². The van der Waals surface area contributed by atoms with Gasteiger partial charge in [0.15, 0.2) is 0 Å². The Hall–Kier alpha value is -1.39. The van der Waals surface area contributed by atoms with Crippen molar-refractivity contribution in [3.05, 3.63) is 0 Å². The summed E-state index contributed by atoms with van der Waals surface area (Å²) in [6.45, 7) is 1.67. The first-order chi connectivity index (χ1) is 7.07. The van der Waals surface area contributed by atoms with Crippen LogP contribution >= 0.6 is 0 Å². The van der Waals surface area contributed by atoms with Crippen molar-refractivity contribution >= 4 is 17.8 Å². The Kier molecular flexibility index (Phi) is 2.25. The Bertz CT molecular complexity index is 316. The second-order valence-electron chi connectivity index (χ2n) is 4.10. The van der Waals surface area contributed by atoms with Crippen molar-refractivity contribution in [1.82, 2.24) is 4.90 Å². The molecule has 15 heavy (non-hydrogen) atoms. The topological polar surface area (TPSA) is 74.7 Å². The fourth-order valence-electron chi connectivity index (χ4n) is 2.33. The van der Waals surface area contributed by atoms with E-state index in [0.29, 0.717) is 0 Å². The Morgan fingerprint density at radius 2 is 1.87 bits per heavy atom. The molecule has 0 aromatic heterocycles. The summed E-state index contributed by atoms with van der Waals surface area (Å²) < 4.78 is 0. The molecule has 1 heterocycles. The number of carbonyl (C=O) groups excluding carboxylic acids is 2. The van der Waals surface area contributed by atoms with Gasteiger partial charge in [0, 0.05) is 0 Å². The third kappa shape index (κ3) is 1.26. The molecule has 1 aliphatic heterocycles. The minimum atomic E-state index is -1.10. The average molecular weight is 211 g/mol. The largest absolute Gasteiger partial charge is 0.480 e. The monoisotopic (exact) mass is 211 g/mol. The van der Waals surface area contributed by atoms with Crippen molar-refractivity contribution in [2.75, 3.05) is 0 Å². The molecule has 0 aromatic carbocycles. The van der Waals surface area contributed by atoms with Gasteiger partial charge in [-0.3, -0.25) is 14.5 Å². The van der Waals surface area contributed by atoms with Gasteiger partial charge < -0.3 is 5.11 Å². The summed E-state index contributed by atoms with van der Waals surface area (Å²) in [4.78, 5) is 35.3. The van der Waals surface area contributed by atoms with Crippen LogP contribution in [0.2, 0.25) is 0 Å². The van der Waals surface area contributed by atoms with Gasteiger partial charge in [-0.1, -0.05) is 6.92 Å². The predicted molar refractivity (Wildman–Crippen MR) is 49.8 cm³/mol. The molecule has 3 atom stereocenters. The van der Waals surface area contributed by atoms with Crippen molar-refractivity contribution in [1.29, 1.82) is 0 Å². The molecule has 82 valence electrons. The van der Waals surface area contributed by atoms with Crippen LogP contribution in [-0.4, -0.2) is 33.8 Å². The smallest absolute Gasteiger partial charge is 0.326 e. The zero-order chi connectivity index (χ0) is 11.2. The van der Waals surface area contributed by atoms with E-state index < -0.39 is 12.0 Å². The lowest BCUT2D eigenvalue weighted by Crippen LogP contribution is -2.44. The quantitative estimate of drug-likeness (QED) is 0.679. The van der Waals surface area contributed by atoms with Crippen LogP contribution < -0.4 is 0 Å². The van der Waals surface area contributed by atoms with Crippen LogP contribution in [0.25, 0.3) is 0 Å². The first-order valence-corrected chi connectivity index (χ1v) is 5.17. The van der Waals surface area contributed by atoms with Crippen molar-refractivity contribution in [2.45, 2.75) is 32.2 Å². The molecular formula is C10H13NO4. The molecule has 1 N–H and O–H groups in total. The molecule has 0 aromatic rings. The number of likely N-dealkylation sites (tertiary alicyclic amines) is 1. The highest BCUT2D eigenvalue weighted by Gasteiger charge is 2.55. The summed E-state index contributed by atoms with van der Waals surface area (Å²) in [6, 6.07) is -0.976. The maximum atomic E-state index is 11.7. The Labute approximate surface area is 87.1 Å². The maximum Gasteiger partial charge on any atom is 0.326 e. The maximum absolute atomic E-state index is 11.7. The molecular weight excluding hydrogens is 198 g/mol. The first kappa shape index (κ1) is 10.1. The number of amides is 2. The van der Waals surface area contributed by atoms with Gasteiger partial charge in [0.25, 0.3) is 0 Å². The zero-order valence-corrected chi connectivity index (χ0v) is 8.47. The Morgan fingerprint density at radius 3 is 2.13 bits per heavy atom. The van der Waals surface area contributed by atoms with Crippen LogP contribution in [0.3, 0.4) is 0 Å². The molecule has 2 rings (SSSR count). The Balaban J connectivity index is 2.24. The highest BCUT2D eigenvalue weighted by molar-refractivity contribution is 6.08. The van der Waals surface area contributed by atoms with E-state index in [1.54, 1.807) is 6.92 Å². The standard InChI is InChI=1S/C10H13NO4/c1-2-7(10(14)15)11-8(12)5-3-4-6(5)9(11)13/h5-7H,2-4H2,1H3,(H,14,15). The number of nitrogens with zero attached hydrogens (tertiary/aromatic N) is 1. The fraction of sp³-hybridized carbons (Fsp3) is 0.700. The number of fused-ring (bicyclic) bond motifs is 1. The van der Waals surface area contributed by atoms with Crippen LogP contribution in [0.5, 0.6) is 0 Å². The highest BCUT2D eigenvalue weighted by atomic mass is 16.4. The number of rotatable bonds is 3. The number of carboxylic acids is 1. The van der Waals surface area contributed by atoms with Crippen molar-refractivity contribution in [3.63, 3.8) is 0 Å². The van der Waals surface area contributed by atoms with Gasteiger partial charge in [-0.15, -0.1) is 0 Å². The third-order valence-electron chi connectivity index (χ3n) is 3.37. The van der Waals surface area contributed by atoms with Crippen LogP contribution in [0.4, 0.5) is 0 Å². The summed E-state index contributed by atoms with van der Waals surface area (Å²) in [5, 5.41) is 8.92. The van der Waals surface area contributed by atoms with E-state index in [2.05, 4.69) is 0 Å². The number of carbonyl (C=O) groups is 3. The number of aliphatic carboxylic acids is 1. The average Bonchev–Trinajstić information content (AvgIpc) is 2.24. The lowest BCUT2D eigenvalue weighted by atomic mass is 9.76. The first-order valence-electron chi connectivity index (χ1n) is 5.17. The van der Waals surface area contributed by atoms with Crippen LogP contribution in [0, 0.1) is 11.8 Å². The van der Waals surface area contributed by atoms with Gasteiger partial charge >= 0.3 is 5.97 Å². The lowest BCUT2D eigenvalue weighted by Gasteiger charge is -2.24. The van der Waals surface area contributed by atoms with E-state index in [0.717, 1.165) is 17.7 Å². The molecule has 3 unspecified atom stereocenters. The van der Waals surface area contributed by atoms with E-state index in [-0.39, 0.29) is 30.1 Å². The number of hydrogen-bond donors (Lipinski definition) is 1. The second-order valence-corrected chi connectivity index (χ2v) is 4.10. The number of carboxylic acid groups (broad SMARTS) is 1. The van der Waals surface area contributed by atoms with Gasteiger partial charge in [0.05, 0.1) is 11.8 Å². The molecule has 1 saturated carbocycles. The van der Waals surface area contributed by atoms with E-state index in [1.807, 2.05) is 0 Å². The minimum absolute atomic E-state index is 0.231. The molecule has 2 aliphatic rings. The SMILES string of the molecule is CCC(C(=O)O)N1C(=O)C2CCC2C1=O. The van der Waals surface area contributed by atoms with E-state index in [4.69, 9.17) is 5.11 Å². The van der Waals surface area contributed by atoms with E-state index in [9.17, 15) is 14.4 Å². The normalized spacial score (nSPS) is 31.1. The highest BCUT2D eigenvalue weighted by Crippen LogP contribution is 2.43. The molecule has 1 aliphatic carbocycles. The summed E-state index contributed by atoms with van der Waals surface area (Å²) >= 11 is 0. The molecule has 0 bridgehead atoms. The molecule has 5 heteroatoms. The Morgan fingerprint density at radius 1 is 1.40 bits per heavy atom. The van der Waals surface area contributed by atoms with Gasteiger partial charge in [0.1, 0.15) is 6.04 Å². The molecule has 0 spiro atoms. The van der Waals surface area contributed by atoms with Crippen molar-refractivity contribution in [3.8, 4) is 0 Å². The summed E-state index contributed by atoms with van der Waals surface area (Å²) in [5.74, 6) is -2.13. The predicted octanol–water partition coefficient (Wildman–Crippen LogP) is 0.245. The third-order valence-corrected chi connectivity index (χ3v) is 3.37. The fourth-order valence-corrected chi connectivity index (χ4v) is 2.33. The molecule has 1 saturated heterocycles. The summed E-state index contributed by atoms with van der Waals surface area (Å²) in [7, 11) is 0. The summed E-state index contributed by atoms with van der Waals surface area (Å²) in [5.41, 5.74) is 0. The van der Waals surface area contributed by atoms with Gasteiger partial charge in [-0.2, -0.15) is 0 Å². The van der Waals surface area contributed by atoms with Crippen LogP contribution in [0.15, 0.2) is 0 Å². The lowest BCUT2D eigenvalue weighted by molar-refractivity contribution is -0.154.